The molecule has 1 amide bonds. The standard InChI is InChI=1S/C16H21NO4/c1-11(18)21-13-6-8-16(9-7-13,15(17)19)12-4-3-5-14(10-12)20-2/h3-5,10,13H,6-9H2,1-2H3,(H2,17,19). The van der Waals surface area contributed by atoms with Crippen LogP contribution < -0.4 is 10.5 Å². The van der Waals surface area contributed by atoms with Gasteiger partial charge in [-0.1, -0.05) is 12.1 Å². The molecule has 1 aromatic rings. The molecule has 2 N–H and O–H groups in total. The van der Waals surface area contributed by atoms with Gasteiger partial charge in [-0.2, -0.15) is 0 Å². The van der Waals surface area contributed by atoms with Gasteiger partial charge in [0.15, 0.2) is 0 Å². The molecule has 0 radical (unpaired) electrons. The predicted molar refractivity (Wildman–Crippen MR) is 77.9 cm³/mol. The fourth-order valence-corrected chi connectivity index (χ4v) is 3.03. The van der Waals surface area contributed by atoms with Gasteiger partial charge in [0.05, 0.1) is 12.5 Å². The van der Waals surface area contributed by atoms with E-state index in [2.05, 4.69) is 0 Å². The molecule has 2 rings (SSSR count). The third kappa shape index (κ3) is 3.17. The number of hydrogen-bond donors (Lipinski definition) is 1. The number of carbonyl (C=O) groups excluding carboxylic acids is 2. The molecule has 1 aromatic carbocycles. The van der Waals surface area contributed by atoms with Crippen LogP contribution in [0.1, 0.15) is 38.2 Å². The van der Waals surface area contributed by atoms with Crippen LogP contribution in [0.3, 0.4) is 0 Å². The SMILES string of the molecule is COc1cccc(C2(C(N)=O)CCC(OC(C)=O)CC2)c1. The van der Waals surface area contributed by atoms with Crippen LogP contribution in [0, 0.1) is 0 Å². The lowest BCUT2D eigenvalue weighted by Crippen LogP contribution is -2.45. The van der Waals surface area contributed by atoms with Gasteiger partial charge in [0.1, 0.15) is 11.9 Å². The second kappa shape index (κ2) is 6.16. The lowest BCUT2D eigenvalue weighted by molar-refractivity contribution is -0.148. The number of amides is 1. The Morgan fingerprint density at radius 3 is 2.48 bits per heavy atom. The lowest BCUT2D eigenvalue weighted by Gasteiger charge is -2.37. The average molecular weight is 291 g/mol. The minimum absolute atomic E-state index is 0.124. The van der Waals surface area contributed by atoms with Gasteiger partial charge in [-0.3, -0.25) is 9.59 Å². The van der Waals surface area contributed by atoms with Gasteiger partial charge in [-0.15, -0.1) is 0 Å². The summed E-state index contributed by atoms with van der Waals surface area (Å²) in [6.45, 7) is 1.40. The number of hydrogen-bond acceptors (Lipinski definition) is 4. The van der Waals surface area contributed by atoms with Crippen LogP contribution in [0.15, 0.2) is 24.3 Å². The van der Waals surface area contributed by atoms with Gasteiger partial charge in [0, 0.05) is 6.92 Å². The Morgan fingerprint density at radius 1 is 1.29 bits per heavy atom. The van der Waals surface area contributed by atoms with E-state index in [1.807, 2.05) is 24.3 Å². The predicted octanol–water partition coefficient (Wildman–Crippen LogP) is 1.92. The topological polar surface area (TPSA) is 78.6 Å². The molecule has 0 spiro atoms. The second-order valence-electron chi connectivity index (χ2n) is 5.49. The number of ether oxygens (including phenoxy) is 2. The van der Waals surface area contributed by atoms with Crippen molar-refractivity contribution in [1.29, 1.82) is 0 Å². The summed E-state index contributed by atoms with van der Waals surface area (Å²) in [5, 5.41) is 0. The van der Waals surface area contributed by atoms with Crippen molar-refractivity contribution in [2.75, 3.05) is 7.11 Å². The normalized spacial score (nSPS) is 25.1. The van der Waals surface area contributed by atoms with Crippen LogP contribution in [-0.2, 0) is 19.7 Å². The molecule has 0 atom stereocenters. The first kappa shape index (κ1) is 15.4. The molecule has 0 aliphatic heterocycles. The van der Waals surface area contributed by atoms with Crippen molar-refractivity contribution >= 4 is 11.9 Å². The largest absolute Gasteiger partial charge is 0.497 e. The molecular weight excluding hydrogens is 270 g/mol. The number of carbonyl (C=O) groups is 2. The number of esters is 1. The Hall–Kier alpha value is -2.04. The Labute approximate surface area is 124 Å². The summed E-state index contributed by atoms with van der Waals surface area (Å²) >= 11 is 0. The highest BCUT2D eigenvalue weighted by Crippen LogP contribution is 2.41. The molecule has 114 valence electrons. The summed E-state index contributed by atoms with van der Waals surface area (Å²) in [6, 6.07) is 7.45. The third-order valence-electron chi connectivity index (χ3n) is 4.21. The molecule has 5 heteroatoms. The van der Waals surface area contributed by atoms with Gasteiger partial charge >= 0.3 is 5.97 Å². The summed E-state index contributed by atoms with van der Waals surface area (Å²) in [7, 11) is 1.59. The quantitative estimate of drug-likeness (QED) is 0.860. The molecule has 1 aliphatic carbocycles. The molecule has 21 heavy (non-hydrogen) atoms. The van der Waals surface area contributed by atoms with E-state index < -0.39 is 5.41 Å². The van der Waals surface area contributed by atoms with Gasteiger partial charge in [-0.05, 0) is 43.4 Å². The van der Waals surface area contributed by atoms with Crippen molar-refractivity contribution in [2.24, 2.45) is 5.73 Å². The summed E-state index contributed by atoms with van der Waals surface area (Å²) in [5.41, 5.74) is 5.85. The number of primary amides is 1. The first-order valence-electron chi connectivity index (χ1n) is 7.09. The van der Waals surface area contributed by atoms with Crippen LogP contribution in [0.2, 0.25) is 0 Å². The van der Waals surface area contributed by atoms with E-state index in [0.29, 0.717) is 31.4 Å². The molecule has 0 bridgehead atoms. The number of nitrogens with two attached hydrogens (primary N) is 1. The monoisotopic (exact) mass is 291 g/mol. The second-order valence-corrected chi connectivity index (χ2v) is 5.49. The fraction of sp³-hybridized carbons (Fsp3) is 0.500. The summed E-state index contributed by atoms with van der Waals surface area (Å²) in [4.78, 5) is 23.1. The van der Waals surface area contributed by atoms with Crippen LogP contribution >= 0.6 is 0 Å². The van der Waals surface area contributed by atoms with Gasteiger partial charge in [0.25, 0.3) is 0 Å². The number of methoxy groups -OCH3 is 1. The molecule has 0 unspecified atom stereocenters. The zero-order valence-corrected chi connectivity index (χ0v) is 12.4. The van der Waals surface area contributed by atoms with Gasteiger partial charge in [0.2, 0.25) is 5.91 Å². The smallest absolute Gasteiger partial charge is 0.302 e. The molecule has 1 aliphatic rings. The molecule has 0 heterocycles. The van der Waals surface area contributed by atoms with Crippen molar-refractivity contribution in [1.82, 2.24) is 0 Å². The summed E-state index contributed by atoms with van der Waals surface area (Å²) < 4.78 is 10.5. The zero-order chi connectivity index (χ0) is 15.5. The van der Waals surface area contributed by atoms with Crippen LogP contribution in [0.4, 0.5) is 0 Å². The molecular formula is C16H21NO4. The van der Waals surface area contributed by atoms with E-state index in [-0.39, 0.29) is 18.0 Å². The van der Waals surface area contributed by atoms with E-state index in [0.717, 1.165) is 5.56 Å². The minimum Gasteiger partial charge on any atom is -0.497 e. The Bertz CT molecular complexity index is 533. The highest BCUT2D eigenvalue weighted by atomic mass is 16.5. The third-order valence-corrected chi connectivity index (χ3v) is 4.21. The Morgan fingerprint density at radius 2 is 1.95 bits per heavy atom. The van der Waals surface area contributed by atoms with Gasteiger partial charge in [-0.25, -0.2) is 0 Å². The maximum Gasteiger partial charge on any atom is 0.302 e. The first-order valence-corrected chi connectivity index (χ1v) is 7.09. The van der Waals surface area contributed by atoms with E-state index in [1.165, 1.54) is 6.92 Å². The number of rotatable bonds is 4. The van der Waals surface area contributed by atoms with Crippen molar-refractivity contribution in [3.05, 3.63) is 29.8 Å². The first-order chi connectivity index (χ1) is 9.98. The van der Waals surface area contributed by atoms with Crippen molar-refractivity contribution in [3.8, 4) is 5.75 Å². The molecule has 1 fully saturated rings. The maximum atomic E-state index is 12.1. The van der Waals surface area contributed by atoms with Crippen LogP contribution in [0.25, 0.3) is 0 Å². The fourth-order valence-electron chi connectivity index (χ4n) is 3.03. The van der Waals surface area contributed by atoms with Crippen molar-refractivity contribution in [3.63, 3.8) is 0 Å². The minimum atomic E-state index is -0.703. The van der Waals surface area contributed by atoms with Gasteiger partial charge < -0.3 is 15.2 Å². The Balaban J connectivity index is 2.23. The highest BCUT2D eigenvalue weighted by molar-refractivity contribution is 5.87. The van der Waals surface area contributed by atoms with E-state index in [1.54, 1.807) is 7.11 Å². The Kier molecular flexibility index (Phi) is 4.50. The van der Waals surface area contributed by atoms with E-state index in [4.69, 9.17) is 15.2 Å². The van der Waals surface area contributed by atoms with Crippen molar-refractivity contribution in [2.45, 2.75) is 44.1 Å². The van der Waals surface area contributed by atoms with E-state index in [9.17, 15) is 9.59 Å². The number of benzene rings is 1. The van der Waals surface area contributed by atoms with E-state index >= 15 is 0 Å². The van der Waals surface area contributed by atoms with Crippen LogP contribution in [0.5, 0.6) is 5.75 Å². The molecule has 0 saturated heterocycles. The molecule has 0 aromatic heterocycles. The summed E-state index contributed by atoms with van der Waals surface area (Å²) in [6.07, 6.45) is 2.31. The van der Waals surface area contributed by atoms with Crippen molar-refractivity contribution < 1.29 is 19.1 Å². The average Bonchev–Trinajstić information content (AvgIpc) is 2.47. The molecule has 1 saturated carbocycles. The lowest BCUT2D eigenvalue weighted by atomic mass is 9.68. The molecule has 5 nitrogen and oxygen atoms in total. The maximum absolute atomic E-state index is 12.1. The zero-order valence-electron chi connectivity index (χ0n) is 12.4. The highest BCUT2D eigenvalue weighted by Gasteiger charge is 2.42. The van der Waals surface area contributed by atoms with Crippen LogP contribution in [-0.4, -0.2) is 25.1 Å². The summed E-state index contributed by atoms with van der Waals surface area (Å²) in [5.74, 6) is 0.0835.